The maximum atomic E-state index is 13.5. The summed E-state index contributed by atoms with van der Waals surface area (Å²) in [5.74, 6) is -0.224. The van der Waals surface area contributed by atoms with Crippen LogP contribution in [0.3, 0.4) is 0 Å². The molecule has 2 heteroatoms. The van der Waals surface area contributed by atoms with E-state index in [9.17, 15) is 9.50 Å². The van der Waals surface area contributed by atoms with Gasteiger partial charge in [0.1, 0.15) is 5.82 Å². The second kappa shape index (κ2) is 2.80. The van der Waals surface area contributed by atoms with Gasteiger partial charge in [0.15, 0.2) is 0 Å². The van der Waals surface area contributed by atoms with Crippen LogP contribution in [0.2, 0.25) is 0 Å². The summed E-state index contributed by atoms with van der Waals surface area (Å²) in [5, 5.41) is 11.5. The number of aliphatic hydroxyl groups is 1. The normalized spacial score (nSPS) is 18.0. The minimum atomic E-state index is -0.701. The number of fused-ring (bicyclic) bond motifs is 1. The summed E-state index contributed by atoms with van der Waals surface area (Å²) in [7, 11) is 0. The highest BCUT2D eigenvalue weighted by Gasteiger charge is 2.43. The number of rotatable bonds is 1. The second-order valence-electron chi connectivity index (χ2n) is 4.17. The van der Waals surface area contributed by atoms with Crippen LogP contribution in [0.1, 0.15) is 18.4 Å². The molecule has 15 heavy (non-hydrogen) atoms. The maximum Gasteiger partial charge on any atom is 0.131 e. The molecule has 2 aromatic rings. The SMILES string of the molecule is OC1(c2ccc(F)c3ccccc23)CC1. The molecular weight excluding hydrogens is 191 g/mol. The van der Waals surface area contributed by atoms with Gasteiger partial charge in [-0.25, -0.2) is 4.39 Å². The standard InChI is InChI=1S/C13H11FO/c14-12-6-5-11(13(15)7-8-13)9-3-1-2-4-10(9)12/h1-6,15H,7-8H2. The molecule has 0 bridgehead atoms. The average molecular weight is 202 g/mol. The first-order valence-electron chi connectivity index (χ1n) is 5.11. The highest BCUT2D eigenvalue weighted by Crippen LogP contribution is 2.47. The average Bonchev–Trinajstić information content (AvgIpc) is 2.98. The number of halogens is 1. The Morgan fingerprint density at radius 3 is 2.33 bits per heavy atom. The summed E-state index contributed by atoms with van der Waals surface area (Å²) in [6, 6.07) is 10.4. The molecule has 3 rings (SSSR count). The Labute approximate surface area is 87.2 Å². The van der Waals surface area contributed by atoms with E-state index in [0.717, 1.165) is 23.8 Å². The third-order valence-electron chi connectivity index (χ3n) is 3.10. The van der Waals surface area contributed by atoms with Crippen molar-refractivity contribution in [1.82, 2.24) is 0 Å². The highest BCUT2D eigenvalue weighted by molar-refractivity contribution is 5.87. The van der Waals surface area contributed by atoms with E-state index in [1.54, 1.807) is 12.1 Å². The van der Waals surface area contributed by atoms with Gasteiger partial charge in [0.05, 0.1) is 5.60 Å². The van der Waals surface area contributed by atoms with E-state index in [-0.39, 0.29) is 5.82 Å². The van der Waals surface area contributed by atoms with E-state index in [4.69, 9.17) is 0 Å². The molecule has 0 spiro atoms. The van der Waals surface area contributed by atoms with Crippen molar-refractivity contribution < 1.29 is 9.50 Å². The molecule has 1 N–H and O–H groups in total. The van der Waals surface area contributed by atoms with Crippen LogP contribution in [0.4, 0.5) is 4.39 Å². The van der Waals surface area contributed by atoms with E-state index in [1.165, 1.54) is 6.07 Å². The van der Waals surface area contributed by atoms with Crippen molar-refractivity contribution in [1.29, 1.82) is 0 Å². The second-order valence-corrected chi connectivity index (χ2v) is 4.17. The number of hydrogen-bond acceptors (Lipinski definition) is 1. The van der Waals surface area contributed by atoms with Gasteiger partial charge < -0.3 is 5.11 Å². The lowest BCUT2D eigenvalue weighted by molar-refractivity contribution is 0.153. The molecular formula is C13H11FO. The summed E-state index contributed by atoms with van der Waals surface area (Å²) in [5.41, 5.74) is 0.160. The van der Waals surface area contributed by atoms with E-state index in [0.29, 0.717) is 5.39 Å². The first-order valence-corrected chi connectivity index (χ1v) is 5.11. The van der Waals surface area contributed by atoms with Gasteiger partial charge in [-0.3, -0.25) is 0 Å². The van der Waals surface area contributed by atoms with Crippen molar-refractivity contribution in [2.24, 2.45) is 0 Å². The van der Waals surface area contributed by atoms with E-state index in [2.05, 4.69) is 0 Å². The van der Waals surface area contributed by atoms with Crippen LogP contribution in [0.25, 0.3) is 10.8 Å². The van der Waals surface area contributed by atoms with Crippen LogP contribution in [0, 0.1) is 5.82 Å². The molecule has 0 aromatic heterocycles. The molecule has 1 saturated carbocycles. The Morgan fingerprint density at radius 2 is 1.67 bits per heavy atom. The highest BCUT2D eigenvalue weighted by atomic mass is 19.1. The summed E-state index contributed by atoms with van der Waals surface area (Å²) >= 11 is 0. The minimum absolute atomic E-state index is 0.224. The zero-order valence-corrected chi connectivity index (χ0v) is 8.20. The predicted molar refractivity (Wildman–Crippen MR) is 57.0 cm³/mol. The molecule has 0 saturated heterocycles. The lowest BCUT2D eigenvalue weighted by atomic mass is 9.99. The number of benzene rings is 2. The van der Waals surface area contributed by atoms with Gasteiger partial charge in [-0.15, -0.1) is 0 Å². The fourth-order valence-corrected chi connectivity index (χ4v) is 2.06. The first-order chi connectivity index (χ1) is 7.21. The Balaban J connectivity index is 2.36. The topological polar surface area (TPSA) is 20.2 Å². The molecule has 0 unspecified atom stereocenters. The lowest BCUT2D eigenvalue weighted by Gasteiger charge is -2.12. The van der Waals surface area contributed by atoms with Gasteiger partial charge in [0.25, 0.3) is 0 Å². The van der Waals surface area contributed by atoms with Gasteiger partial charge in [0, 0.05) is 5.39 Å². The van der Waals surface area contributed by atoms with E-state index >= 15 is 0 Å². The van der Waals surface area contributed by atoms with Gasteiger partial charge in [-0.05, 0) is 29.9 Å². The summed E-state index contributed by atoms with van der Waals surface area (Å²) in [4.78, 5) is 0. The lowest BCUT2D eigenvalue weighted by Crippen LogP contribution is -2.05. The molecule has 0 amide bonds. The summed E-state index contributed by atoms with van der Waals surface area (Å²) < 4.78 is 13.5. The van der Waals surface area contributed by atoms with Crippen molar-refractivity contribution in [3.05, 3.63) is 47.8 Å². The number of hydrogen-bond donors (Lipinski definition) is 1. The summed E-state index contributed by atoms with van der Waals surface area (Å²) in [6.45, 7) is 0. The third kappa shape index (κ3) is 1.25. The van der Waals surface area contributed by atoms with Gasteiger partial charge in [-0.1, -0.05) is 30.3 Å². The van der Waals surface area contributed by atoms with Gasteiger partial charge >= 0.3 is 0 Å². The van der Waals surface area contributed by atoms with Crippen LogP contribution in [0.5, 0.6) is 0 Å². The van der Waals surface area contributed by atoms with Crippen LogP contribution >= 0.6 is 0 Å². The maximum absolute atomic E-state index is 13.5. The third-order valence-corrected chi connectivity index (χ3v) is 3.10. The smallest absolute Gasteiger partial charge is 0.131 e. The molecule has 76 valence electrons. The van der Waals surface area contributed by atoms with Crippen molar-refractivity contribution in [2.75, 3.05) is 0 Å². The molecule has 0 aliphatic heterocycles. The van der Waals surface area contributed by atoms with Crippen LogP contribution in [0.15, 0.2) is 36.4 Å². The molecule has 1 nitrogen and oxygen atoms in total. The fourth-order valence-electron chi connectivity index (χ4n) is 2.06. The molecule has 1 aliphatic rings. The molecule has 2 aromatic carbocycles. The van der Waals surface area contributed by atoms with Crippen molar-refractivity contribution in [3.63, 3.8) is 0 Å². The largest absolute Gasteiger partial charge is 0.385 e. The molecule has 0 radical (unpaired) electrons. The zero-order chi connectivity index (χ0) is 10.5. The Hall–Kier alpha value is -1.41. The predicted octanol–water partition coefficient (Wildman–Crippen LogP) is 2.96. The molecule has 0 heterocycles. The summed E-state index contributed by atoms with van der Waals surface area (Å²) in [6.07, 6.45) is 1.56. The molecule has 1 fully saturated rings. The van der Waals surface area contributed by atoms with Crippen LogP contribution in [-0.4, -0.2) is 5.11 Å². The first kappa shape index (κ1) is 8.86. The van der Waals surface area contributed by atoms with Crippen molar-refractivity contribution >= 4 is 10.8 Å². The molecule has 0 atom stereocenters. The zero-order valence-electron chi connectivity index (χ0n) is 8.20. The quantitative estimate of drug-likeness (QED) is 0.753. The van der Waals surface area contributed by atoms with Crippen molar-refractivity contribution in [2.45, 2.75) is 18.4 Å². The van der Waals surface area contributed by atoms with Crippen molar-refractivity contribution in [3.8, 4) is 0 Å². The monoisotopic (exact) mass is 202 g/mol. The van der Waals surface area contributed by atoms with E-state index in [1.807, 2.05) is 18.2 Å². The minimum Gasteiger partial charge on any atom is -0.385 e. The Morgan fingerprint density at radius 1 is 1.00 bits per heavy atom. The van der Waals surface area contributed by atoms with Crippen LogP contribution < -0.4 is 0 Å². The Bertz CT molecular complexity index is 529. The molecule has 1 aliphatic carbocycles. The van der Waals surface area contributed by atoms with E-state index < -0.39 is 5.60 Å². The Kier molecular flexibility index (Phi) is 1.65. The van der Waals surface area contributed by atoms with Crippen LogP contribution in [-0.2, 0) is 5.60 Å². The van der Waals surface area contributed by atoms with Gasteiger partial charge in [-0.2, -0.15) is 0 Å². The fraction of sp³-hybridized carbons (Fsp3) is 0.231. The van der Waals surface area contributed by atoms with Gasteiger partial charge in [0.2, 0.25) is 0 Å².